The molecule has 7 atom stereocenters. The van der Waals surface area contributed by atoms with Gasteiger partial charge in [0.25, 0.3) is 0 Å². The molecule has 1 aliphatic rings. The average molecular weight is 569 g/mol. The molecule has 0 aromatic heterocycles. The number of aromatic hydroxyl groups is 1. The van der Waals surface area contributed by atoms with Crippen LogP contribution in [0.2, 0.25) is 0 Å². The Kier molecular flexibility index (Phi) is 11.4. The van der Waals surface area contributed by atoms with Gasteiger partial charge in [-0.25, -0.2) is 0 Å². The first-order valence-electron chi connectivity index (χ1n) is 12.4. The van der Waals surface area contributed by atoms with Gasteiger partial charge in [-0.2, -0.15) is 0 Å². The van der Waals surface area contributed by atoms with Crippen LogP contribution in [-0.2, 0) is 9.47 Å². The van der Waals surface area contributed by atoms with E-state index in [9.17, 15) is 30.6 Å². The first-order chi connectivity index (χ1) is 19.2. The van der Waals surface area contributed by atoms with Crippen LogP contribution in [0.15, 0.2) is 36.4 Å². The molecule has 40 heavy (non-hydrogen) atoms. The molecule has 3 rings (SSSR count). The van der Waals surface area contributed by atoms with Crippen molar-refractivity contribution in [2.24, 2.45) is 0 Å². The van der Waals surface area contributed by atoms with E-state index in [0.717, 1.165) is 0 Å². The van der Waals surface area contributed by atoms with Gasteiger partial charge in [-0.15, -0.1) is 0 Å². The smallest absolute Gasteiger partial charge is 0.204 e. The van der Waals surface area contributed by atoms with Gasteiger partial charge in [0.1, 0.15) is 30.5 Å². The SMILES string of the molecule is COc1cc(C(O[C@@H]2O[C@H](CO)[C@@H](O)[C@H](O)[C@H]2O)C(CO)Oc2c(OC)cc(C=CCO)cc2OC)ccc1O. The molecule has 0 amide bonds. The van der Waals surface area contributed by atoms with E-state index < -0.39 is 56.1 Å². The maximum Gasteiger partial charge on any atom is 0.204 e. The number of phenols is 1. The molecule has 1 heterocycles. The van der Waals surface area contributed by atoms with Gasteiger partial charge >= 0.3 is 0 Å². The van der Waals surface area contributed by atoms with E-state index in [2.05, 4.69) is 0 Å². The number of aliphatic hydroxyl groups excluding tert-OH is 6. The second-order valence-electron chi connectivity index (χ2n) is 8.86. The third-order valence-electron chi connectivity index (χ3n) is 6.35. The molecule has 1 fully saturated rings. The lowest BCUT2D eigenvalue weighted by Gasteiger charge is -2.41. The fraction of sp³-hybridized carbons (Fsp3) is 0.481. The Bertz CT molecular complexity index is 1100. The molecule has 0 saturated carbocycles. The maximum absolute atomic E-state index is 10.6. The van der Waals surface area contributed by atoms with Gasteiger partial charge in [0.15, 0.2) is 35.4 Å². The highest BCUT2D eigenvalue weighted by Crippen LogP contribution is 2.42. The summed E-state index contributed by atoms with van der Waals surface area (Å²) in [6.07, 6.45) is -7.19. The number of rotatable bonds is 13. The lowest BCUT2D eigenvalue weighted by atomic mass is 9.98. The van der Waals surface area contributed by atoms with Crippen molar-refractivity contribution in [2.45, 2.75) is 42.9 Å². The summed E-state index contributed by atoms with van der Waals surface area (Å²) in [4.78, 5) is 0. The molecule has 1 saturated heterocycles. The number of hydrogen-bond donors (Lipinski definition) is 7. The molecule has 0 radical (unpaired) electrons. The second-order valence-corrected chi connectivity index (χ2v) is 8.86. The zero-order valence-electron chi connectivity index (χ0n) is 22.3. The van der Waals surface area contributed by atoms with Crippen molar-refractivity contribution >= 4 is 6.08 Å². The van der Waals surface area contributed by atoms with Crippen molar-refractivity contribution in [3.05, 3.63) is 47.5 Å². The van der Waals surface area contributed by atoms with Crippen LogP contribution in [0.3, 0.4) is 0 Å². The van der Waals surface area contributed by atoms with Gasteiger partial charge in [-0.3, -0.25) is 0 Å². The second kappa shape index (κ2) is 14.5. The van der Waals surface area contributed by atoms with Crippen molar-refractivity contribution in [2.75, 3.05) is 41.2 Å². The molecule has 0 spiro atoms. The fourth-order valence-electron chi connectivity index (χ4n) is 4.22. The highest BCUT2D eigenvalue weighted by Gasteiger charge is 2.46. The Balaban J connectivity index is 2.06. The molecular weight excluding hydrogens is 532 g/mol. The standard InChI is InChI=1S/C27H36O13/c1-35-17-11-15(6-7-16(17)31)25(40-27-24(34)23(33)22(32)20(12-29)39-27)21(13-30)38-26-18(36-2)9-14(5-4-8-28)10-19(26)37-3/h4-7,9-11,20-25,27-34H,8,12-13H2,1-3H3/t20-,21?,22-,23+,24-,25?,27+/m1/s1. The minimum Gasteiger partial charge on any atom is -0.504 e. The molecule has 2 aromatic carbocycles. The lowest BCUT2D eigenvalue weighted by molar-refractivity contribution is -0.318. The molecule has 13 nitrogen and oxygen atoms in total. The van der Waals surface area contributed by atoms with Crippen LogP contribution in [0.4, 0.5) is 0 Å². The van der Waals surface area contributed by atoms with Crippen molar-refractivity contribution < 1.29 is 64.2 Å². The van der Waals surface area contributed by atoms with Crippen LogP contribution in [-0.4, -0.2) is 114 Å². The van der Waals surface area contributed by atoms with E-state index >= 15 is 0 Å². The van der Waals surface area contributed by atoms with E-state index in [1.165, 1.54) is 45.6 Å². The summed E-state index contributed by atoms with van der Waals surface area (Å²) in [5.41, 5.74) is 0.944. The van der Waals surface area contributed by atoms with E-state index in [1.807, 2.05) is 0 Å². The van der Waals surface area contributed by atoms with Crippen LogP contribution in [0.1, 0.15) is 17.2 Å². The van der Waals surface area contributed by atoms with E-state index in [0.29, 0.717) is 11.1 Å². The molecule has 7 N–H and O–H groups in total. The Morgan fingerprint density at radius 2 is 1.52 bits per heavy atom. The lowest BCUT2D eigenvalue weighted by Crippen LogP contribution is -2.59. The van der Waals surface area contributed by atoms with Crippen molar-refractivity contribution in [3.8, 4) is 28.7 Å². The maximum atomic E-state index is 10.6. The van der Waals surface area contributed by atoms with Crippen LogP contribution in [0.25, 0.3) is 6.08 Å². The number of benzene rings is 2. The van der Waals surface area contributed by atoms with Crippen LogP contribution in [0, 0.1) is 0 Å². The van der Waals surface area contributed by atoms with Gasteiger partial charge in [0.2, 0.25) is 5.75 Å². The summed E-state index contributed by atoms with van der Waals surface area (Å²) >= 11 is 0. The van der Waals surface area contributed by atoms with E-state index in [-0.39, 0.29) is 35.4 Å². The number of phenolic OH excluding ortho intramolecular Hbond substituents is 1. The molecule has 0 bridgehead atoms. The molecule has 0 aliphatic carbocycles. The molecule has 222 valence electrons. The summed E-state index contributed by atoms with van der Waals surface area (Å²) in [7, 11) is 4.15. The zero-order chi connectivity index (χ0) is 29.4. The summed E-state index contributed by atoms with van der Waals surface area (Å²) in [6.45, 7) is -1.50. The van der Waals surface area contributed by atoms with Gasteiger partial charge < -0.3 is 64.2 Å². The predicted octanol–water partition coefficient (Wildman–Crippen LogP) is -0.279. The average Bonchev–Trinajstić information content (AvgIpc) is 2.97. The van der Waals surface area contributed by atoms with Crippen LogP contribution >= 0.6 is 0 Å². The summed E-state index contributed by atoms with van der Waals surface area (Å²) in [5.74, 6) is 0.454. The molecule has 1 aliphatic heterocycles. The summed E-state index contributed by atoms with van der Waals surface area (Å²) in [5, 5.41) is 70.3. The van der Waals surface area contributed by atoms with Gasteiger partial charge in [-0.1, -0.05) is 18.2 Å². The third kappa shape index (κ3) is 6.95. The molecule has 2 unspecified atom stereocenters. The van der Waals surface area contributed by atoms with Crippen molar-refractivity contribution in [1.29, 1.82) is 0 Å². The molecule has 13 heteroatoms. The Hall–Kier alpha value is -3.14. The summed E-state index contributed by atoms with van der Waals surface area (Å²) < 4.78 is 33.9. The fourth-order valence-corrected chi connectivity index (χ4v) is 4.22. The third-order valence-corrected chi connectivity index (χ3v) is 6.35. The number of ether oxygens (including phenoxy) is 6. The van der Waals surface area contributed by atoms with Crippen molar-refractivity contribution in [3.63, 3.8) is 0 Å². The number of aliphatic hydroxyl groups is 6. The summed E-state index contributed by atoms with van der Waals surface area (Å²) in [6, 6.07) is 7.46. The Morgan fingerprint density at radius 3 is 2.08 bits per heavy atom. The van der Waals surface area contributed by atoms with E-state index in [4.69, 9.17) is 33.5 Å². The minimum absolute atomic E-state index is 0.0757. The quantitative estimate of drug-likeness (QED) is 0.167. The number of methoxy groups -OCH3 is 3. The minimum atomic E-state index is -1.74. The van der Waals surface area contributed by atoms with Gasteiger partial charge in [0, 0.05) is 0 Å². The largest absolute Gasteiger partial charge is 0.504 e. The zero-order valence-corrected chi connectivity index (χ0v) is 22.3. The van der Waals surface area contributed by atoms with E-state index in [1.54, 1.807) is 18.2 Å². The number of hydrogen-bond acceptors (Lipinski definition) is 13. The molecule has 2 aromatic rings. The van der Waals surface area contributed by atoms with Crippen LogP contribution < -0.4 is 18.9 Å². The van der Waals surface area contributed by atoms with Gasteiger partial charge in [-0.05, 0) is 35.4 Å². The topological polar surface area (TPSA) is 197 Å². The predicted molar refractivity (Wildman–Crippen MR) is 139 cm³/mol. The highest BCUT2D eigenvalue weighted by atomic mass is 16.7. The van der Waals surface area contributed by atoms with Gasteiger partial charge in [0.05, 0.1) is 41.2 Å². The monoisotopic (exact) mass is 568 g/mol. The Labute approximate surface area is 231 Å². The molecular formula is C27H36O13. The van der Waals surface area contributed by atoms with Crippen LogP contribution in [0.5, 0.6) is 28.7 Å². The first-order valence-corrected chi connectivity index (χ1v) is 12.4. The Morgan fingerprint density at radius 1 is 0.875 bits per heavy atom. The first kappa shape index (κ1) is 31.4. The van der Waals surface area contributed by atoms with Crippen molar-refractivity contribution in [1.82, 2.24) is 0 Å². The normalized spacial score (nSPS) is 24.5. The highest BCUT2D eigenvalue weighted by molar-refractivity contribution is 5.62.